The quantitative estimate of drug-likeness (QED) is 0.160. The molecule has 0 radical (unpaired) electrons. The van der Waals surface area contributed by atoms with Crippen molar-refractivity contribution in [1.29, 1.82) is 0 Å². The van der Waals surface area contributed by atoms with E-state index in [0.717, 1.165) is 32.1 Å². The van der Waals surface area contributed by atoms with Gasteiger partial charge in [0.1, 0.15) is 0 Å². The first-order chi connectivity index (χ1) is 25.2. The summed E-state index contributed by atoms with van der Waals surface area (Å²) in [6.07, 6.45) is 9.55. The molecule has 7 aromatic rings. The van der Waals surface area contributed by atoms with Crippen LogP contribution in [0.3, 0.4) is 0 Å². The van der Waals surface area contributed by atoms with E-state index in [-0.39, 0.29) is 0 Å². The van der Waals surface area contributed by atoms with Crippen LogP contribution in [-0.2, 0) is 32.1 Å². The van der Waals surface area contributed by atoms with E-state index >= 15 is 0 Å². The van der Waals surface area contributed by atoms with Gasteiger partial charge in [0.15, 0.2) is 0 Å². The van der Waals surface area contributed by atoms with Gasteiger partial charge in [0.2, 0.25) is 0 Å². The summed E-state index contributed by atoms with van der Waals surface area (Å²) in [7, 11) is 0. The molecule has 2 nitrogen and oxygen atoms in total. The minimum atomic E-state index is 1.02. The summed E-state index contributed by atoms with van der Waals surface area (Å²) in [6, 6.07) is 54.1. The van der Waals surface area contributed by atoms with Gasteiger partial charge >= 0.3 is 0 Å². The molecule has 2 heteroatoms. The highest BCUT2D eigenvalue weighted by Gasteiger charge is 2.29. The fourth-order valence-electron chi connectivity index (χ4n) is 8.47. The monoisotopic (exact) mass is 658 g/mol. The van der Waals surface area contributed by atoms with Gasteiger partial charge in [-0.15, -0.1) is 0 Å². The Bertz CT molecular complexity index is 2370. The van der Waals surface area contributed by atoms with E-state index in [9.17, 15) is 0 Å². The number of nitrogens with zero attached hydrogens (tertiary/aromatic N) is 2. The summed E-state index contributed by atoms with van der Waals surface area (Å²) < 4.78 is 0. The lowest BCUT2D eigenvalue weighted by atomic mass is 9.75. The lowest BCUT2D eigenvalue weighted by Crippen LogP contribution is -2.18. The molecule has 2 aliphatic carbocycles. The summed E-state index contributed by atoms with van der Waals surface area (Å²) in [5, 5.41) is 2.52. The maximum Gasteiger partial charge on any atom is 0.0468 e. The molecule has 0 unspecified atom stereocenters. The second-order valence-electron chi connectivity index (χ2n) is 13.9. The molecule has 0 saturated heterocycles. The van der Waals surface area contributed by atoms with Gasteiger partial charge in [-0.2, -0.15) is 0 Å². The molecule has 0 aromatic heterocycles. The fourth-order valence-corrected chi connectivity index (χ4v) is 8.47. The van der Waals surface area contributed by atoms with Gasteiger partial charge in [0, 0.05) is 34.1 Å². The molecule has 2 aliphatic rings. The van der Waals surface area contributed by atoms with E-state index in [2.05, 4.69) is 181 Å². The SMILES string of the molecule is C/C=C\c1cc(N(c2ccccc2)c2cc3c4c(c2)CCc2cc(N(c5ccccc5)c5ccc6ccccc6c5)cc(c2-4)CC3)ccc1CC. The van der Waals surface area contributed by atoms with Crippen LogP contribution in [0.4, 0.5) is 34.1 Å². The number of anilines is 6. The van der Waals surface area contributed by atoms with Crippen molar-refractivity contribution in [3.8, 4) is 11.1 Å². The number of allylic oxidation sites excluding steroid dienone is 1. The average molecular weight is 659 g/mol. The zero-order chi connectivity index (χ0) is 34.3. The van der Waals surface area contributed by atoms with Crippen LogP contribution < -0.4 is 9.80 Å². The first-order valence-electron chi connectivity index (χ1n) is 18.5. The van der Waals surface area contributed by atoms with Crippen LogP contribution in [0.5, 0.6) is 0 Å². The van der Waals surface area contributed by atoms with Crippen molar-refractivity contribution in [3.63, 3.8) is 0 Å². The van der Waals surface area contributed by atoms with Crippen LogP contribution in [0.2, 0.25) is 0 Å². The van der Waals surface area contributed by atoms with Crippen LogP contribution >= 0.6 is 0 Å². The molecule has 0 fully saturated rings. The Labute approximate surface area is 302 Å². The van der Waals surface area contributed by atoms with Gasteiger partial charge in [-0.25, -0.2) is 0 Å². The second-order valence-corrected chi connectivity index (χ2v) is 13.9. The van der Waals surface area contributed by atoms with Crippen molar-refractivity contribution in [2.45, 2.75) is 46.0 Å². The average Bonchev–Trinajstić information content (AvgIpc) is 3.18. The third-order valence-electron chi connectivity index (χ3n) is 10.8. The highest BCUT2D eigenvalue weighted by Crippen LogP contribution is 2.49. The molecule has 248 valence electrons. The van der Waals surface area contributed by atoms with Crippen molar-refractivity contribution in [2.24, 2.45) is 0 Å². The van der Waals surface area contributed by atoms with E-state index in [1.807, 2.05) is 0 Å². The van der Waals surface area contributed by atoms with Gasteiger partial charge in [-0.1, -0.05) is 91.9 Å². The maximum atomic E-state index is 2.48. The smallest absolute Gasteiger partial charge is 0.0468 e. The number of para-hydroxylation sites is 2. The second kappa shape index (κ2) is 13.1. The number of aryl methyl sites for hydroxylation is 5. The molecule has 7 aromatic carbocycles. The van der Waals surface area contributed by atoms with E-state index in [0.29, 0.717) is 0 Å². The first-order valence-corrected chi connectivity index (χ1v) is 18.5. The van der Waals surface area contributed by atoms with Crippen LogP contribution in [0.25, 0.3) is 28.0 Å². The normalized spacial score (nSPS) is 13.0. The predicted molar refractivity (Wildman–Crippen MR) is 218 cm³/mol. The summed E-state index contributed by atoms with van der Waals surface area (Å²) in [5.41, 5.74) is 18.8. The largest absolute Gasteiger partial charge is 0.310 e. The van der Waals surface area contributed by atoms with Crippen LogP contribution in [0.1, 0.15) is 47.2 Å². The Hall–Kier alpha value is -5.86. The van der Waals surface area contributed by atoms with Crippen molar-refractivity contribution in [2.75, 3.05) is 9.80 Å². The van der Waals surface area contributed by atoms with Crippen molar-refractivity contribution < 1.29 is 0 Å². The standard InChI is InChI=1S/C49H42N2/c1-3-13-36-28-44(26-24-34(36)4-2)50(42-16-7-5-8-17-42)46-30-38-20-22-40-32-47(33-41-23-21-39(31-46)48(38)49(40)41)51(43-18-9-6-10-19-43)45-27-25-35-14-11-12-15-37(35)29-45/h3,5-19,24-33H,4,20-23H2,1-2H3/b13-3-. The molecular formula is C49H42N2. The van der Waals surface area contributed by atoms with Gasteiger partial charge in [-0.05, 0) is 167 Å². The summed E-state index contributed by atoms with van der Waals surface area (Å²) in [4.78, 5) is 4.90. The molecule has 0 heterocycles. The molecule has 9 rings (SSSR count). The van der Waals surface area contributed by atoms with Crippen molar-refractivity contribution in [3.05, 3.63) is 185 Å². The predicted octanol–water partition coefficient (Wildman–Crippen LogP) is 13.2. The summed E-state index contributed by atoms with van der Waals surface area (Å²) in [5.74, 6) is 0. The Morgan fingerprint density at radius 2 is 0.922 bits per heavy atom. The third-order valence-corrected chi connectivity index (χ3v) is 10.8. The molecule has 51 heavy (non-hydrogen) atoms. The number of fused-ring (bicyclic) bond motifs is 1. The molecule has 0 aliphatic heterocycles. The number of rotatable bonds is 8. The van der Waals surface area contributed by atoms with Gasteiger partial charge < -0.3 is 9.80 Å². The van der Waals surface area contributed by atoms with Gasteiger partial charge in [0.25, 0.3) is 0 Å². The summed E-state index contributed by atoms with van der Waals surface area (Å²) in [6.45, 7) is 4.34. The molecule has 0 saturated carbocycles. The van der Waals surface area contributed by atoms with E-state index < -0.39 is 0 Å². The first kappa shape index (κ1) is 31.1. The highest BCUT2D eigenvalue weighted by molar-refractivity contribution is 5.92. The number of hydrogen-bond donors (Lipinski definition) is 0. The summed E-state index contributed by atoms with van der Waals surface area (Å²) >= 11 is 0. The molecule has 0 bridgehead atoms. The van der Waals surface area contributed by atoms with E-state index in [4.69, 9.17) is 0 Å². The van der Waals surface area contributed by atoms with E-state index in [1.165, 1.54) is 89.4 Å². The van der Waals surface area contributed by atoms with Crippen molar-refractivity contribution in [1.82, 2.24) is 0 Å². The van der Waals surface area contributed by atoms with Crippen LogP contribution in [0.15, 0.2) is 152 Å². The third kappa shape index (κ3) is 5.62. The Kier molecular flexibility index (Phi) is 8.01. The number of benzene rings is 7. The molecule has 0 N–H and O–H groups in total. The van der Waals surface area contributed by atoms with Crippen molar-refractivity contribution >= 4 is 51.0 Å². The molecule has 0 amide bonds. The Morgan fingerprint density at radius 3 is 1.43 bits per heavy atom. The lowest BCUT2D eigenvalue weighted by Gasteiger charge is -2.34. The Morgan fingerprint density at radius 1 is 0.451 bits per heavy atom. The van der Waals surface area contributed by atoms with Gasteiger partial charge in [0.05, 0.1) is 0 Å². The molecule has 0 atom stereocenters. The fraction of sp³-hybridized carbons (Fsp3) is 0.143. The van der Waals surface area contributed by atoms with Gasteiger partial charge in [-0.3, -0.25) is 0 Å². The maximum absolute atomic E-state index is 2.48. The zero-order valence-electron chi connectivity index (χ0n) is 29.4. The lowest BCUT2D eigenvalue weighted by molar-refractivity contribution is 0.875. The zero-order valence-corrected chi connectivity index (χ0v) is 29.4. The number of hydrogen-bond acceptors (Lipinski definition) is 2. The molecular weight excluding hydrogens is 617 g/mol. The minimum Gasteiger partial charge on any atom is -0.310 e. The Balaban J connectivity index is 1.16. The highest BCUT2D eigenvalue weighted by atomic mass is 15.1. The van der Waals surface area contributed by atoms with E-state index in [1.54, 1.807) is 0 Å². The van der Waals surface area contributed by atoms with Crippen LogP contribution in [-0.4, -0.2) is 0 Å². The molecule has 0 spiro atoms. The minimum absolute atomic E-state index is 1.02. The topological polar surface area (TPSA) is 6.48 Å². The van der Waals surface area contributed by atoms with Crippen LogP contribution in [0, 0.1) is 0 Å².